The number of hydrogen-bond donors (Lipinski definition) is 3. The van der Waals surface area contributed by atoms with Gasteiger partial charge < -0.3 is 19.8 Å². The smallest absolute Gasteiger partial charge is 0.324 e. The van der Waals surface area contributed by atoms with Crippen molar-refractivity contribution >= 4 is 28.5 Å². The first kappa shape index (κ1) is 20.9. The maximum Gasteiger partial charge on any atom is 0.324 e. The van der Waals surface area contributed by atoms with Gasteiger partial charge in [0.15, 0.2) is 11.0 Å². The van der Waals surface area contributed by atoms with Gasteiger partial charge in [-0.3, -0.25) is 5.32 Å². The minimum Gasteiger partial charge on any atom is -0.389 e. The number of hydrogen-bond acceptors (Lipinski definition) is 8. The largest absolute Gasteiger partial charge is 0.389 e. The Bertz CT molecular complexity index is 925. The molecule has 2 aromatic rings. The molecule has 1 fully saturated rings. The number of nitrogens with one attached hydrogen (secondary N) is 2. The topological polar surface area (TPSA) is 116 Å². The Morgan fingerprint density at radius 1 is 1.43 bits per heavy atom. The number of aliphatic hydroxyl groups is 1. The minimum absolute atomic E-state index is 0.115. The van der Waals surface area contributed by atoms with Gasteiger partial charge in [0.1, 0.15) is 0 Å². The fourth-order valence-electron chi connectivity index (χ4n) is 3.54. The van der Waals surface area contributed by atoms with Gasteiger partial charge in [-0.1, -0.05) is 16.5 Å². The molecule has 1 aliphatic carbocycles. The normalized spacial score (nSPS) is 20.8. The van der Waals surface area contributed by atoms with E-state index in [1.807, 2.05) is 4.90 Å². The zero-order valence-corrected chi connectivity index (χ0v) is 17.6. The number of carbonyl (C=O) groups is 1. The van der Waals surface area contributed by atoms with E-state index in [9.17, 15) is 18.7 Å². The molecule has 12 heteroatoms. The lowest BCUT2D eigenvalue weighted by molar-refractivity contribution is 0.00749. The van der Waals surface area contributed by atoms with Crippen molar-refractivity contribution in [3.63, 3.8) is 0 Å². The molecule has 4 rings (SSSR count). The van der Waals surface area contributed by atoms with Crippen molar-refractivity contribution in [3.05, 3.63) is 16.4 Å². The molecule has 1 saturated carbocycles. The summed E-state index contributed by atoms with van der Waals surface area (Å²) >= 11 is 1.35. The predicted octanol–water partition coefficient (Wildman–Crippen LogP) is 2.88. The number of alkyl halides is 2. The van der Waals surface area contributed by atoms with Crippen molar-refractivity contribution in [2.75, 3.05) is 23.3 Å². The van der Waals surface area contributed by atoms with Crippen LogP contribution < -0.4 is 15.5 Å². The van der Waals surface area contributed by atoms with E-state index in [0.717, 1.165) is 10.6 Å². The van der Waals surface area contributed by atoms with Crippen LogP contribution in [0, 0.1) is 0 Å². The number of aromatic nitrogens is 3. The molecule has 0 spiro atoms. The summed E-state index contributed by atoms with van der Waals surface area (Å²) < 4.78 is 32.3. The molecule has 0 aromatic carbocycles. The van der Waals surface area contributed by atoms with Crippen molar-refractivity contribution in [1.82, 2.24) is 20.4 Å². The van der Waals surface area contributed by atoms with Crippen LogP contribution in [-0.2, 0) is 13.0 Å². The van der Waals surface area contributed by atoms with Crippen LogP contribution in [0.2, 0.25) is 0 Å². The molecule has 3 heterocycles. The first-order chi connectivity index (χ1) is 14.1. The summed E-state index contributed by atoms with van der Waals surface area (Å²) in [6, 6.07) is -0.119. The average Bonchev–Trinajstić information content (AvgIpc) is 3.36. The van der Waals surface area contributed by atoms with Crippen LogP contribution in [0.15, 0.2) is 4.52 Å². The summed E-state index contributed by atoms with van der Waals surface area (Å²) in [6.07, 6.45) is 0.609. The van der Waals surface area contributed by atoms with Gasteiger partial charge in [0.25, 0.3) is 0 Å². The van der Waals surface area contributed by atoms with Crippen LogP contribution in [0.25, 0.3) is 0 Å². The molecule has 2 aliphatic rings. The highest BCUT2D eigenvalue weighted by Crippen LogP contribution is 2.43. The minimum atomic E-state index is -2.66. The standard InChI is InChI=1S/C18H24F2N6O3S/c1-17(2,28)9-21-14(27)24-15-22-11-4-6-26(8-12(11)30-15)16-23-13(25-29-16)10-3-5-18(19,20)7-10/h10,28H,3-9H2,1-2H3,(H2,21,22,24,27). The third-order valence-corrected chi connectivity index (χ3v) is 6.10. The van der Waals surface area contributed by atoms with E-state index >= 15 is 0 Å². The number of nitrogens with zero attached hydrogens (tertiary/aromatic N) is 4. The van der Waals surface area contributed by atoms with Gasteiger partial charge in [-0.05, 0) is 20.3 Å². The molecule has 1 aliphatic heterocycles. The SMILES string of the molecule is CC(C)(O)CNC(=O)Nc1nc2c(s1)CN(c1nc(C3CCC(F)(F)C3)no1)CC2. The van der Waals surface area contributed by atoms with Crippen molar-refractivity contribution < 1.29 is 23.2 Å². The Kier molecular flexibility index (Phi) is 5.39. The molecule has 0 saturated heterocycles. The number of urea groups is 1. The third-order valence-electron chi connectivity index (χ3n) is 5.10. The number of fused-ring (bicyclic) bond motifs is 1. The van der Waals surface area contributed by atoms with E-state index in [4.69, 9.17) is 4.52 Å². The zero-order valence-electron chi connectivity index (χ0n) is 16.7. The van der Waals surface area contributed by atoms with Crippen molar-refractivity contribution in [2.45, 2.75) is 63.5 Å². The maximum atomic E-state index is 13.5. The van der Waals surface area contributed by atoms with Crippen LogP contribution in [0.3, 0.4) is 0 Å². The van der Waals surface area contributed by atoms with Crippen molar-refractivity contribution in [3.8, 4) is 0 Å². The van der Waals surface area contributed by atoms with Crippen molar-refractivity contribution in [1.29, 1.82) is 0 Å². The maximum absolute atomic E-state index is 13.5. The van der Waals surface area contributed by atoms with Gasteiger partial charge in [-0.25, -0.2) is 18.6 Å². The fraction of sp³-hybridized carbons (Fsp3) is 0.667. The van der Waals surface area contributed by atoms with E-state index in [-0.39, 0.29) is 25.3 Å². The molecule has 3 N–H and O–H groups in total. The number of anilines is 2. The average molecular weight is 442 g/mol. The van der Waals surface area contributed by atoms with Crippen LogP contribution >= 0.6 is 11.3 Å². The lowest BCUT2D eigenvalue weighted by Gasteiger charge is -2.23. The second-order valence-corrected chi connectivity index (χ2v) is 9.50. The summed E-state index contributed by atoms with van der Waals surface area (Å²) in [7, 11) is 0. The molecule has 1 unspecified atom stereocenters. The second kappa shape index (κ2) is 7.73. The number of amides is 2. The van der Waals surface area contributed by atoms with Gasteiger partial charge in [0, 0.05) is 43.1 Å². The van der Waals surface area contributed by atoms with Crippen LogP contribution in [0.5, 0.6) is 0 Å². The summed E-state index contributed by atoms with van der Waals surface area (Å²) in [5.74, 6) is -2.70. The van der Waals surface area contributed by atoms with Crippen LogP contribution in [0.4, 0.5) is 24.7 Å². The molecule has 9 nitrogen and oxygen atoms in total. The Labute approximate surface area is 175 Å². The number of carbonyl (C=O) groups excluding carboxylic acids is 1. The Morgan fingerprint density at radius 2 is 2.23 bits per heavy atom. The quantitative estimate of drug-likeness (QED) is 0.652. The highest BCUT2D eigenvalue weighted by Gasteiger charge is 2.42. The number of rotatable bonds is 5. The van der Waals surface area contributed by atoms with Crippen molar-refractivity contribution in [2.24, 2.45) is 0 Å². The Balaban J connectivity index is 1.37. The molecule has 2 amide bonds. The Hall–Kier alpha value is -2.34. The molecule has 0 radical (unpaired) electrons. The molecule has 2 aromatic heterocycles. The van der Waals surface area contributed by atoms with Gasteiger partial charge in [0.05, 0.1) is 17.8 Å². The van der Waals surface area contributed by atoms with Gasteiger partial charge in [0.2, 0.25) is 5.92 Å². The number of thiazole rings is 1. The Morgan fingerprint density at radius 3 is 2.93 bits per heavy atom. The number of halogens is 2. The van der Waals surface area contributed by atoms with E-state index in [1.165, 1.54) is 11.3 Å². The third kappa shape index (κ3) is 4.86. The monoisotopic (exact) mass is 442 g/mol. The summed E-state index contributed by atoms with van der Waals surface area (Å²) in [5, 5.41) is 19.3. The van der Waals surface area contributed by atoms with Gasteiger partial charge >= 0.3 is 12.0 Å². The van der Waals surface area contributed by atoms with E-state index < -0.39 is 17.6 Å². The summed E-state index contributed by atoms with van der Waals surface area (Å²) in [5.41, 5.74) is -0.110. The van der Waals surface area contributed by atoms with E-state index in [1.54, 1.807) is 13.8 Å². The highest BCUT2D eigenvalue weighted by atomic mass is 32.1. The first-order valence-corrected chi connectivity index (χ1v) is 10.6. The van der Waals surface area contributed by atoms with Gasteiger partial charge in [-0.2, -0.15) is 4.98 Å². The van der Waals surface area contributed by atoms with E-state index in [0.29, 0.717) is 42.9 Å². The van der Waals surface area contributed by atoms with Crippen LogP contribution in [0.1, 0.15) is 55.4 Å². The molecule has 164 valence electrons. The van der Waals surface area contributed by atoms with Gasteiger partial charge in [-0.15, -0.1) is 0 Å². The summed E-state index contributed by atoms with van der Waals surface area (Å²) in [6.45, 7) is 4.41. The first-order valence-electron chi connectivity index (χ1n) is 9.80. The molecule has 1 atom stereocenters. The molecular weight excluding hydrogens is 418 g/mol. The summed E-state index contributed by atoms with van der Waals surface area (Å²) in [4.78, 5) is 23.6. The fourth-order valence-corrected chi connectivity index (χ4v) is 4.56. The van der Waals surface area contributed by atoms with E-state index in [2.05, 4.69) is 25.8 Å². The zero-order chi connectivity index (χ0) is 21.5. The second-order valence-electron chi connectivity index (χ2n) is 8.41. The molecule has 0 bridgehead atoms. The predicted molar refractivity (Wildman–Crippen MR) is 106 cm³/mol. The molecular formula is C18H24F2N6O3S. The highest BCUT2D eigenvalue weighted by molar-refractivity contribution is 7.15. The molecule has 30 heavy (non-hydrogen) atoms. The lowest BCUT2D eigenvalue weighted by Crippen LogP contribution is -2.40. The van der Waals surface area contributed by atoms with Crippen LogP contribution in [-0.4, -0.2) is 50.9 Å². The lowest BCUT2D eigenvalue weighted by atomic mass is 10.1.